The molecule has 1 N–H and O–H groups in total. The Kier molecular flexibility index (Phi) is 6.93. The topological polar surface area (TPSA) is 94.2 Å². The first-order chi connectivity index (χ1) is 16.0. The average Bonchev–Trinajstić information content (AvgIpc) is 2.86. The fourth-order valence-corrected chi connectivity index (χ4v) is 4.80. The molecule has 1 aliphatic heterocycles. The van der Waals surface area contributed by atoms with E-state index >= 15 is 0 Å². The third kappa shape index (κ3) is 5.33. The van der Waals surface area contributed by atoms with Crippen LogP contribution >= 0.6 is 0 Å². The van der Waals surface area contributed by atoms with Gasteiger partial charge in [0, 0.05) is 18.8 Å². The quantitative estimate of drug-likeness (QED) is 0.568. The second-order valence-corrected chi connectivity index (χ2v) is 9.21. The molecule has 9 heteroatoms. The molecule has 4 rings (SSSR count). The van der Waals surface area contributed by atoms with Crippen LogP contribution in [-0.4, -0.2) is 52.0 Å². The van der Waals surface area contributed by atoms with E-state index in [9.17, 15) is 13.2 Å². The molecule has 0 aliphatic carbocycles. The molecule has 1 heterocycles. The molecule has 0 unspecified atom stereocenters. The highest BCUT2D eigenvalue weighted by molar-refractivity contribution is 7.89. The number of hydrogen-bond acceptors (Lipinski definition) is 6. The number of sulfonamides is 1. The summed E-state index contributed by atoms with van der Waals surface area (Å²) in [6.45, 7) is 1.19. The maximum absolute atomic E-state index is 13.2. The van der Waals surface area contributed by atoms with Crippen LogP contribution in [0.25, 0.3) is 0 Å². The molecule has 0 saturated carbocycles. The monoisotopic (exact) mass is 468 g/mol. The Hall–Kier alpha value is -3.40. The molecule has 1 aliphatic rings. The lowest BCUT2D eigenvalue weighted by atomic mass is 10.1. The number of carbonyl (C=O) groups excluding carboxylic acids is 1. The summed E-state index contributed by atoms with van der Waals surface area (Å²) < 4.78 is 44.0. The van der Waals surface area contributed by atoms with Crippen molar-refractivity contribution < 1.29 is 27.4 Å². The van der Waals surface area contributed by atoms with Crippen molar-refractivity contribution in [1.29, 1.82) is 0 Å². The van der Waals surface area contributed by atoms with E-state index in [1.807, 2.05) is 18.2 Å². The molecule has 0 bridgehead atoms. The zero-order chi connectivity index (χ0) is 23.3. The van der Waals surface area contributed by atoms with Gasteiger partial charge in [-0.2, -0.15) is 4.31 Å². The number of carbonyl (C=O) groups is 1. The summed E-state index contributed by atoms with van der Waals surface area (Å²) in [6, 6.07) is 20.1. The van der Waals surface area contributed by atoms with Crippen molar-refractivity contribution in [2.24, 2.45) is 0 Å². The van der Waals surface area contributed by atoms with E-state index in [4.69, 9.17) is 14.2 Å². The Morgan fingerprint density at radius 3 is 2.30 bits per heavy atom. The summed E-state index contributed by atoms with van der Waals surface area (Å²) in [7, 11) is -2.23. The number of amides is 1. The van der Waals surface area contributed by atoms with E-state index in [1.54, 1.807) is 43.5 Å². The fraction of sp³-hybridized carbons (Fsp3) is 0.208. The lowest BCUT2D eigenvalue weighted by molar-refractivity contribution is 0.0730. The number of nitrogens with zero attached hydrogens (tertiary/aromatic N) is 1. The maximum Gasteiger partial charge on any atom is 0.259 e. The SMILES string of the molecule is COc1ccc(NC(=O)c2cc(S(=O)(=O)N3CCOCC3)ccc2Oc2ccccc2)cc1. The second-order valence-electron chi connectivity index (χ2n) is 7.27. The van der Waals surface area contributed by atoms with Crippen molar-refractivity contribution >= 4 is 21.6 Å². The number of benzene rings is 3. The zero-order valence-corrected chi connectivity index (χ0v) is 18.9. The molecule has 3 aromatic rings. The third-order valence-corrected chi connectivity index (χ3v) is 7.02. The fourth-order valence-electron chi connectivity index (χ4n) is 3.36. The smallest absolute Gasteiger partial charge is 0.259 e. The number of rotatable bonds is 7. The van der Waals surface area contributed by atoms with Crippen molar-refractivity contribution in [2.75, 3.05) is 38.7 Å². The zero-order valence-electron chi connectivity index (χ0n) is 18.1. The number of methoxy groups -OCH3 is 1. The minimum Gasteiger partial charge on any atom is -0.497 e. The Balaban J connectivity index is 1.68. The lowest BCUT2D eigenvalue weighted by Gasteiger charge is -2.26. The summed E-state index contributed by atoms with van der Waals surface area (Å²) >= 11 is 0. The van der Waals surface area contributed by atoms with Gasteiger partial charge in [-0.1, -0.05) is 18.2 Å². The standard InChI is InChI=1S/C24H24N2O6S/c1-30-19-9-7-18(8-10-19)25-24(27)22-17-21(33(28,29)26-13-15-31-16-14-26)11-12-23(22)32-20-5-3-2-4-6-20/h2-12,17H,13-16H2,1H3,(H,25,27). The minimum absolute atomic E-state index is 0.0182. The van der Waals surface area contributed by atoms with Crippen LogP contribution in [0.2, 0.25) is 0 Å². The van der Waals surface area contributed by atoms with Gasteiger partial charge in [0.2, 0.25) is 10.0 Å². The minimum atomic E-state index is -3.79. The predicted molar refractivity (Wildman–Crippen MR) is 123 cm³/mol. The molecule has 0 atom stereocenters. The van der Waals surface area contributed by atoms with Gasteiger partial charge in [-0.25, -0.2) is 8.42 Å². The first-order valence-electron chi connectivity index (χ1n) is 10.4. The van der Waals surface area contributed by atoms with Crippen molar-refractivity contribution in [3.8, 4) is 17.2 Å². The van der Waals surface area contributed by atoms with Gasteiger partial charge in [-0.15, -0.1) is 0 Å². The molecule has 8 nitrogen and oxygen atoms in total. The van der Waals surface area contributed by atoms with Crippen LogP contribution in [0, 0.1) is 0 Å². The van der Waals surface area contributed by atoms with E-state index in [0.717, 1.165) is 0 Å². The molecular formula is C24H24N2O6S. The Morgan fingerprint density at radius 1 is 0.939 bits per heavy atom. The van der Waals surface area contributed by atoms with Gasteiger partial charge in [0.25, 0.3) is 5.91 Å². The van der Waals surface area contributed by atoms with Crippen molar-refractivity contribution in [1.82, 2.24) is 4.31 Å². The van der Waals surface area contributed by atoms with Crippen LogP contribution in [0.1, 0.15) is 10.4 Å². The molecule has 0 spiro atoms. The molecule has 172 valence electrons. The van der Waals surface area contributed by atoms with Gasteiger partial charge in [0.15, 0.2) is 0 Å². The van der Waals surface area contributed by atoms with Gasteiger partial charge in [0.05, 0.1) is 30.8 Å². The number of anilines is 1. The molecule has 1 amide bonds. The molecule has 3 aromatic carbocycles. The number of morpholine rings is 1. The average molecular weight is 469 g/mol. The van der Waals surface area contributed by atoms with E-state index in [1.165, 1.54) is 22.5 Å². The highest BCUT2D eigenvalue weighted by Gasteiger charge is 2.28. The number of hydrogen-bond donors (Lipinski definition) is 1. The number of ether oxygens (including phenoxy) is 3. The van der Waals surface area contributed by atoms with Crippen LogP contribution in [0.15, 0.2) is 77.7 Å². The van der Waals surface area contributed by atoms with Crippen molar-refractivity contribution in [2.45, 2.75) is 4.90 Å². The predicted octanol–water partition coefficient (Wildman–Crippen LogP) is 3.76. The largest absolute Gasteiger partial charge is 0.497 e. The Labute approximate surface area is 192 Å². The molecule has 0 aromatic heterocycles. The van der Waals surface area contributed by atoms with Crippen molar-refractivity contribution in [3.05, 3.63) is 78.4 Å². The maximum atomic E-state index is 13.2. The second kappa shape index (κ2) is 10.0. The van der Waals surface area contributed by atoms with Crippen LogP contribution in [0.5, 0.6) is 17.2 Å². The number of nitrogens with one attached hydrogen (secondary N) is 1. The van der Waals surface area contributed by atoms with Crippen LogP contribution in [-0.2, 0) is 14.8 Å². The van der Waals surface area contributed by atoms with Crippen molar-refractivity contribution in [3.63, 3.8) is 0 Å². The van der Waals surface area contributed by atoms with Gasteiger partial charge >= 0.3 is 0 Å². The highest BCUT2D eigenvalue weighted by Crippen LogP contribution is 2.30. The summed E-state index contributed by atoms with van der Waals surface area (Å²) in [5.41, 5.74) is 0.636. The summed E-state index contributed by atoms with van der Waals surface area (Å²) in [6.07, 6.45) is 0. The van der Waals surface area contributed by atoms with E-state index in [0.29, 0.717) is 30.4 Å². The first kappa shape index (κ1) is 22.8. The third-order valence-electron chi connectivity index (χ3n) is 5.12. The summed E-state index contributed by atoms with van der Waals surface area (Å²) in [5, 5.41) is 2.79. The normalized spacial score (nSPS) is 14.5. The molecule has 0 radical (unpaired) electrons. The van der Waals surface area contributed by atoms with Gasteiger partial charge in [0.1, 0.15) is 17.2 Å². The van der Waals surface area contributed by atoms with E-state index < -0.39 is 15.9 Å². The Bertz CT molecular complexity index is 1210. The van der Waals surface area contributed by atoms with E-state index in [-0.39, 0.29) is 29.3 Å². The Morgan fingerprint density at radius 2 is 1.64 bits per heavy atom. The van der Waals surface area contributed by atoms with Crippen LogP contribution < -0.4 is 14.8 Å². The molecular weight excluding hydrogens is 444 g/mol. The van der Waals surface area contributed by atoms with Crippen LogP contribution in [0.4, 0.5) is 5.69 Å². The van der Waals surface area contributed by atoms with E-state index in [2.05, 4.69) is 5.32 Å². The first-order valence-corrected chi connectivity index (χ1v) is 11.8. The lowest BCUT2D eigenvalue weighted by Crippen LogP contribution is -2.40. The van der Waals surface area contributed by atoms with Gasteiger partial charge in [-0.3, -0.25) is 4.79 Å². The highest BCUT2D eigenvalue weighted by atomic mass is 32.2. The van der Waals surface area contributed by atoms with Crippen LogP contribution in [0.3, 0.4) is 0 Å². The summed E-state index contributed by atoms with van der Waals surface area (Å²) in [5.74, 6) is 0.928. The number of para-hydroxylation sites is 1. The molecule has 1 fully saturated rings. The van der Waals surface area contributed by atoms with Gasteiger partial charge in [-0.05, 0) is 54.6 Å². The summed E-state index contributed by atoms with van der Waals surface area (Å²) in [4.78, 5) is 13.2. The molecule has 1 saturated heterocycles. The molecule has 33 heavy (non-hydrogen) atoms. The van der Waals surface area contributed by atoms with Gasteiger partial charge < -0.3 is 19.5 Å².